The molecule has 1 fully saturated rings. The molecule has 1 unspecified atom stereocenters. The summed E-state index contributed by atoms with van der Waals surface area (Å²) in [6.45, 7) is 9.54. The van der Waals surface area contributed by atoms with Crippen molar-refractivity contribution in [3.8, 4) is 5.75 Å². The quantitative estimate of drug-likeness (QED) is 0.0416. The number of nitrogens with one attached hydrogen (secondary N) is 1. The molecule has 0 radical (unpaired) electrons. The minimum atomic E-state index is -4.64. The van der Waals surface area contributed by atoms with Gasteiger partial charge in [0.05, 0.1) is 12.7 Å². The summed E-state index contributed by atoms with van der Waals surface area (Å²) in [5, 5.41) is 7.56. The second-order valence-electron chi connectivity index (χ2n) is 12.0. The number of hydrogen-bond donors (Lipinski definition) is 2. The fourth-order valence-electron chi connectivity index (χ4n) is 5.58. The van der Waals surface area contributed by atoms with E-state index >= 15 is 4.39 Å². The number of azide groups is 1. The Morgan fingerprint density at radius 3 is 2.49 bits per heavy atom. The Bertz CT molecular complexity index is 1780. The van der Waals surface area contributed by atoms with Crippen LogP contribution in [0.4, 0.5) is 10.2 Å². The molecule has 1 saturated heterocycles. The fourth-order valence-corrected chi connectivity index (χ4v) is 9.92. The van der Waals surface area contributed by atoms with Crippen molar-refractivity contribution in [2.75, 3.05) is 12.3 Å². The summed E-state index contributed by atoms with van der Waals surface area (Å²) in [5.41, 5.74) is 12.0. The number of carbonyl (C=O) groups is 1. The number of anilines is 1. The van der Waals surface area contributed by atoms with Gasteiger partial charge in [0.25, 0.3) is 0 Å². The number of hydrogen-bond acceptors (Lipinski definition) is 11. The Balaban J connectivity index is 1.77. The first-order valence-corrected chi connectivity index (χ1v) is 20.1. The molecule has 1 aromatic heterocycles. The van der Waals surface area contributed by atoms with Gasteiger partial charge in [-0.2, -0.15) is 10.1 Å². The molecule has 15 nitrogen and oxygen atoms in total. The largest absolute Gasteiger partial charge is 0.462 e. The Hall–Kier alpha value is -3.82. The first kappa shape index (κ1) is 38.0. The Kier molecular flexibility index (Phi) is 12.3. The summed E-state index contributed by atoms with van der Waals surface area (Å²) in [6.07, 6.45) is -4.38. The van der Waals surface area contributed by atoms with E-state index in [1.54, 1.807) is 38.1 Å². The van der Waals surface area contributed by atoms with Gasteiger partial charge in [-0.1, -0.05) is 62.3 Å². The van der Waals surface area contributed by atoms with Crippen LogP contribution < -0.4 is 21.0 Å². The first-order valence-electron chi connectivity index (χ1n) is 16.1. The third-order valence-corrected chi connectivity index (χ3v) is 14.7. The third kappa shape index (κ3) is 8.50. The maximum Gasteiger partial charge on any atom is 0.459 e. The number of aromatic nitrogens is 2. The first-order chi connectivity index (χ1) is 23.2. The molecule has 0 bridgehead atoms. The van der Waals surface area contributed by atoms with Gasteiger partial charge in [0.1, 0.15) is 23.7 Å². The third-order valence-electron chi connectivity index (χ3n) is 8.45. The van der Waals surface area contributed by atoms with Crippen LogP contribution in [0.15, 0.2) is 64.6 Å². The van der Waals surface area contributed by atoms with E-state index in [0.717, 1.165) is 9.95 Å². The van der Waals surface area contributed by atoms with E-state index in [9.17, 15) is 19.7 Å². The molecule has 18 heteroatoms. The van der Waals surface area contributed by atoms with Crippen LogP contribution in [0.5, 0.6) is 5.75 Å². The molecule has 3 N–H and O–H groups in total. The van der Waals surface area contributed by atoms with E-state index < -0.39 is 70.7 Å². The molecule has 6 atom stereocenters. The van der Waals surface area contributed by atoms with Crippen molar-refractivity contribution >= 4 is 38.6 Å². The monoisotopic (exact) mass is 719 g/mol. The van der Waals surface area contributed by atoms with Crippen molar-refractivity contribution in [3.05, 3.63) is 75.7 Å². The fraction of sp³-hybridized carbons (Fsp3) is 0.516. The van der Waals surface area contributed by atoms with Crippen LogP contribution in [0.1, 0.15) is 47.8 Å². The Morgan fingerprint density at radius 2 is 1.86 bits per heavy atom. The number of nitrogens with zero attached hydrogens (tertiary/aromatic N) is 5. The maximum atomic E-state index is 17.0. The highest BCUT2D eigenvalue weighted by Gasteiger charge is 2.60. The van der Waals surface area contributed by atoms with Crippen LogP contribution in [0.3, 0.4) is 0 Å². The molecular weight excluding hydrogens is 676 g/mol. The second-order valence-corrected chi connectivity index (χ2v) is 18.4. The van der Waals surface area contributed by atoms with Crippen LogP contribution in [0.25, 0.3) is 21.2 Å². The molecule has 3 aromatic rings. The van der Waals surface area contributed by atoms with Crippen LogP contribution in [-0.4, -0.2) is 60.6 Å². The number of benzene rings is 2. The van der Waals surface area contributed by atoms with Gasteiger partial charge in [0, 0.05) is 16.5 Å². The zero-order valence-corrected chi connectivity index (χ0v) is 30.2. The summed E-state index contributed by atoms with van der Waals surface area (Å²) in [7, 11) is -7.24. The standard InChI is InChI=1S/C31H43FN7O8PSi/c1-7-49(8-2,9-3)47-26-27(32)31(37-38-34,45-28(26)39-18-17-25(33)35-30(39)41)19-43-48(42,36-21(6)29(40)44-20(4)5)46-24-16-12-14-22-13-10-11-15-23(22)24/h10-18,20-21,26-28H,7-9,19H2,1-6H3,(H,36,42)(H2,33,35,41)/t21-,26+,27-,28+,31+,48?/m0/s1. The topological polar surface area (TPSA) is 202 Å². The van der Waals surface area contributed by atoms with E-state index in [1.807, 2.05) is 39.0 Å². The van der Waals surface area contributed by atoms with E-state index in [-0.39, 0.29) is 11.6 Å². The number of rotatable bonds is 16. The summed E-state index contributed by atoms with van der Waals surface area (Å²) in [5.74, 6) is -0.696. The lowest BCUT2D eigenvalue weighted by Gasteiger charge is -2.34. The molecule has 1 aliphatic heterocycles. The van der Waals surface area contributed by atoms with Crippen LogP contribution >= 0.6 is 7.75 Å². The number of nitrogen functional groups attached to an aromatic ring is 1. The molecule has 2 heterocycles. The van der Waals surface area contributed by atoms with Gasteiger partial charge in [0.15, 0.2) is 20.7 Å². The molecule has 0 amide bonds. The Morgan fingerprint density at radius 1 is 1.18 bits per heavy atom. The van der Waals surface area contributed by atoms with Crippen molar-refractivity contribution < 1.29 is 36.7 Å². The molecule has 0 aliphatic carbocycles. The number of carbonyl (C=O) groups excluding carboxylic acids is 1. The van der Waals surface area contributed by atoms with Gasteiger partial charge in [-0.05, 0) is 62.0 Å². The minimum Gasteiger partial charge on any atom is -0.462 e. The molecule has 49 heavy (non-hydrogen) atoms. The zero-order chi connectivity index (χ0) is 36.0. The summed E-state index contributed by atoms with van der Waals surface area (Å²) in [6, 6.07) is 14.2. The normalized spacial score (nSPS) is 22.7. The lowest BCUT2D eigenvalue weighted by atomic mass is 10.1. The van der Waals surface area contributed by atoms with Crippen molar-refractivity contribution in [2.45, 2.75) is 96.0 Å². The number of alkyl halides is 1. The van der Waals surface area contributed by atoms with Crippen molar-refractivity contribution in [1.29, 1.82) is 0 Å². The summed E-state index contributed by atoms with van der Waals surface area (Å²) in [4.78, 5) is 32.3. The molecule has 4 rings (SSSR count). The van der Waals surface area contributed by atoms with E-state index in [1.165, 1.54) is 19.2 Å². The second kappa shape index (κ2) is 15.8. The predicted octanol–water partition coefficient (Wildman–Crippen LogP) is 6.38. The summed E-state index contributed by atoms with van der Waals surface area (Å²) >= 11 is 0. The highest BCUT2D eigenvalue weighted by molar-refractivity contribution is 7.52. The smallest absolute Gasteiger partial charge is 0.459 e. The molecule has 0 spiro atoms. The number of nitrogens with two attached hydrogens (primary N) is 1. The maximum absolute atomic E-state index is 17.0. The van der Waals surface area contributed by atoms with E-state index in [2.05, 4.69) is 20.1 Å². The highest BCUT2D eigenvalue weighted by Crippen LogP contribution is 2.51. The molecule has 0 saturated carbocycles. The van der Waals surface area contributed by atoms with Crippen molar-refractivity contribution in [1.82, 2.24) is 14.6 Å². The van der Waals surface area contributed by atoms with Crippen molar-refractivity contribution in [2.24, 2.45) is 5.11 Å². The van der Waals surface area contributed by atoms with Gasteiger partial charge in [-0.3, -0.25) is 13.9 Å². The number of ether oxygens (including phenoxy) is 2. The summed E-state index contributed by atoms with van der Waals surface area (Å²) < 4.78 is 62.2. The van der Waals surface area contributed by atoms with Gasteiger partial charge in [0.2, 0.25) is 5.72 Å². The zero-order valence-electron chi connectivity index (χ0n) is 28.3. The molecule has 1 aliphatic rings. The van der Waals surface area contributed by atoms with E-state index in [0.29, 0.717) is 23.5 Å². The van der Waals surface area contributed by atoms with Crippen LogP contribution in [0.2, 0.25) is 18.1 Å². The van der Waals surface area contributed by atoms with Gasteiger partial charge in [-0.15, -0.1) is 0 Å². The highest BCUT2D eigenvalue weighted by atomic mass is 31.2. The van der Waals surface area contributed by atoms with Gasteiger partial charge >= 0.3 is 19.4 Å². The van der Waals surface area contributed by atoms with E-state index in [4.69, 9.17) is 28.7 Å². The SMILES string of the molecule is CC[Si](CC)(CC)O[C@H]1[C@H](n2ccc(N)nc2=O)O[C@@](COP(=O)(N[C@@H](C)C(=O)OC(C)C)Oc2cccc3ccccc23)(N=[N+]=[N-])[C@H]1F. The van der Waals surface area contributed by atoms with Gasteiger partial charge < -0.3 is 24.2 Å². The minimum absolute atomic E-state index is 0.0692. The van der Waals surface area contributed by atoms with Gasteiger partial charge in [-0.25, -0.2) is 13.8 Å². The lowest BCUT2D eigenvalue weighted by molar-refractivity contribution is -0.149. The predicted molar refractivity (Wildman–Crippen MR) is 184 cm³/mol. The van der Waals surface area contributed by atoms with Crippen LogP contribution in [0, 0.1) is 0 Å². The average Bonchev–Trinajstić information content (AvgIpc) is 3.32. The Labute approximate surface area is 284 Å². The van der Waals surface area contributed by atoms with Crippen molar-refractivity contribution in [3.63, 3.8) is 0 Å². The average molecular weight is 720 g/mol. The number of halogens is 1. The molecular formula is C31H43FN7O8PSi. The number of fused-ring (bicyclic) bond motifs is 1. The lowest BCUT2D eigenvalue weighted by Crippen LogP contribution is -2.48. The number of esters is 1. The molecule has 266 valence electrons. The molecule has 2 aromatic carbocycles. The van der Waals surface area contributed by atoms with Crippen LogP contribution in [-0.2, 0) is 27.8 Å².